The molecule has 0 fully saturated rings. The third-order valence-electron chi connectivity index (χ3n) is 7.37. The van der Waals surface area contributed by atoms with Gasteiger partial charge >= 0.3 is 5.97 Å². The van der Waals surface area contributed by atoms with Crippen LogP contribution in [0.25, 0.3) is 6.08 Å². The van der Waals surface area contributed by atoms with E-state index >= 15 is 0 Å². The standard InChI is InChI=1S/C34H34ClN3O4S/c1-5-37(6-2)25-18-17-24(28(20-25)42-21-23-13-9-8-10-14-23)19-29-32(39)38-31(26-15-11-12-16-27(26)35)30(33(40)41-7-3)22(4)36-34(38)43-29/h8-20,31H,5-7,21H2,1-4H3/b29-19-/t31-/m1/s1. The number of allylic oxidation sites excluding steroid dienone is 1. The second kappa shape index (κ2) is 13.4. The number of ether oxygens (including phenoxy) is 2. The molecule has 222 valence electrons. The molecule has 0 N–H and O–H groups in total. The van der Waals surface area contributed by atoms with Gasteiger partial charge in [0.25, 0.3) is 5.56 Å². The zero-order valence-corrected chi connectivity index (χ0v) is 26.2. The van der Waals surface area contributed by atoms with Crippen LogP contribution in [0.2, 0.25) is 5.02 Å². The Hall–Kier alpha value is -4.14. The summed E-state index contributed by atoms with van der Waals surface area (Å²) < 4.78 is 13.7. The molecule has 0 amide bonds. The molecule has 0 unspecified atom stereocenters. The molecule has 0 aliphatic carbocycles. The first-order valence-corrected chi connectivity index (χ1v) is 15.5. The van der Waals surface area contributed by atoms with Crippen LogP contribution in [0.5, 0.6) is 5.75 Å². The average molecular weight is 616 g/mol. The van der Waals surface area contributed by atoms with Crippen LogP contribution in [0.4, 0.5) is 5.69 Å². The van der Waals surface area contributed by atoms with Crippen molar-refractivity contribution in [3.63, 3.8) is 0 Å². The smallest absolute Gasteiger partial charge is 0.338 e. The van der Waals surface area contributed by atoms with Crippen LogP contribution < -0.4 is 24.5 Å². The van der Waals surface area contributed by atoms with Gasteiger partial charge < -0.3 is 14.4 Å². The zero-order valence-electron chi connectivity index (χ0n) is 24.7. The van der Waals surface area contributed by atoms with Gasteiger partial charge in [0.2, 0.25) is 0 Å². The van der Waals surface area contributed by atoms with E-state index in [0.29, 0.717) is 43.5 Å². The van der Waals surface area contributed by atoms with Crippen molar-refractivity contribution in [2.45, 2.75) is 40.3 Å². The molecular formula is C34H34ClN3O4S. The molecular weight excluding hydrogens is 582 g/mol. The van der Waals surface area contributed by atoms with Crippen LogP contribution in [-0.4, -0.2) is 30.2 Å². The highest BCUT2D eigenvalue weighted by atomic mass is 35.5. The number of thiazole rings is 1. The molecule has 4 aromatic rings. The summed E-state index contributed by atoms with van der Waals surface area (Å²) in [6.45, 7) is 10.0. The van der Waals surface area contributed by atoms with Gasteiger partial charge in [0.1, 0.15) is 18.4 Å². The maximum atomic E-state index is 14.1. The van der Waals surface area contributed by atoms with Crippen molar-refractivity contribution < 1.29 is 14.3 Å². The molecule has 3 aromatic carbocycles. The topological polar surface area (TPSA) is 73.1 Å². The first-order chi connectivity index (χ1) is 20.9. The minimum absolute atomic E-state index is 0.199. The Balaban J connectivity index is 1.66. The van der Waals surface area contributed by atoms with E-state index in [1.54, 1.807) is 24.5 Å². The number of fused-ring (bicyclic) bond motifs is 1. The molecule has 43 heavy (non-hydrogen) atoms. The van der Waals surface area contributed by atoms with E-state index in [1.165, 1.54) is 11.3 Å². The number of anilines is 1. The molecule has 1 aliphatic rings. The fourth-order valence-electron chi connectivity index (χ4n) is 5.21. The molecule has 0 bridgehead atoms. The Labute approximate surface area is 260 Å². The molecule has 9 heteroatoms. The molecule has 2 heterocycles. The van der Waals surface area contributed by atoms with Crippen molar-refractivity contribution in [2.75, 3.05) is 24.6 Å². The van der Waals surface area contributed by atoms with E-state index in [9.17, 15) is 9.59 Å². The summed E-state index contributed by atoms with van der Waals surface area (Å²) >= 11 is 7.90. The highest BCUT2D eigenvalue weighted by Crippen LogP contribution is 2.34. The molecule has 5 rings (SSSR count). The van der Waals surface area contributed by atoms with E-state index in [2.05, 4.69) is 23.7 Å². The maximum Gasteiger partial charge on any atom is 0.338 e. The Bertz CT molecular complexity index is 1840. The van der Waals surface area contributed by atoms with Gasteiger partial charge in [0.05, 0.1) is 22.4 Å². The van der Waals surface area contributed by atoms with Crippen molar-refractivity contribution in [3.05, 3.63) is 125 Å². The van der Waals surface area contributed by atoms with Gasteiger partial charge in [0, 0.05) is 35.4 Å². The molecule has 0 spiro atoms. The van der Waals surface area contributed by atoms with E-state index in [4.69, 9.17) is 21.1 Å². The summed E-state index contributed by atoms with van der Waals surface area (Å²) in [5.74, 6) is 0.150. The molecule has 1 aliphatic heterocycles. The minimum atomic E-state index is -0.773. The lowest BCUT2D eigenvalue weighted by atomic mass is 9.96. The number of carbonyl (C=O) groups is 1. The number of nitrogens with zero attached hydrogens (tertiary/aromatic N) is 3. The van der Waals surface area contributed by atoms with Crippen LogP contribution in [0, 0.1) is 0 Å². The van der Waals surface area contributed by atoms with Gasteiger partial charge in [0.15, 0.2) is 4.80 Å². The van der Waals surface area contributed by atoms with Crippen LogP contribution in [0.1, 0.15) is 50.4 Å². The lowest BCUT2D eigenvalue weighted by molar-refractivity contribution is -0.139. The monoisotopic (exact) mass is 615 g/mol. The first-order valence-electron chi connectivity index (χ1n) is 14.4. The number of hydrogen-bond donors (Lipinski definition) is 0. The Morgan fingerprint density at radius 1 is 1.05 bits per heavy atom. The largest absolute Gasteiger partial charge is 0.488 e. The minimum Gasteiger partial charge on any atom is -0.488 e. The predicted octanol–water partition coefficient (Wildman–Crippen LogP) is 5.88. The van der Waals surface area contributed by atoms with Gasteiger partial charge in [-0.2, -0.15) is 0 Å². The Kier molecular flexibility index (Phi) is 9.48. The second-order valence-electron chi connectivity index (χ2n) is 9.99. The van der Waals surface area contributed by atoms with Crippen molar-refractivity contribution in [1.82, 2.24) is 4.57 Å². The molecule has 1 aromatic heterocycles. The van der Waals surface area contributed by atoms with Crippen molar-refractivity contribution in [1.29, 1.82) is 0 Å². The summed E-state index contributed by atoms with van der Waals surface area (Å²) in [6, 6.07) is 22.5. The SMILES string of the molecule is CCOC(=O)C1=C(C)N=c2s/c(=C\c3ccc(N(CC)CC)cc3OCc3ccccc3)c(=O)n2[C@@H]1c1ccccc1Cl. The Morgan fingerprint density at radius 2 is 1.77 bits per heavy atom. The van der Waals surface area contributed by atoms with E-state index in [0.717, 1.165) is 29.9 Å². The van der Waals surface area contributed by atoms with Gasteiger partial charge in [-0.25, -0.2) is 9.79 Å². The number of halogens is 1. The summed E-state index contributed by atoms with van der Waals surface area (Å²) in [5.41, 5.74) is 4.00. The van der Waals surface area contributed by atoms with Crippen LogP contribution in [-0.2, 0) is 16.1 Å². The number of carbonyl (C=O) groups excluding carboxylic acids is 1. The fraction of sp³-hybridized carbons (Fsp3) is 0.265. The normalized spacial score (nSPS) is 14.7. The van der Waals surface area contributed by atoms with Gasteiger partial charge in [-0.05, 0) is 63.1 Å². The number of esters is 1. The van der Waals surface area contributed by atoms with Gasteiger partial charge in [-0.3, -0.25) is 9.36 Å². The van der Waals surface area contributed by atoms with E-state index in [-0.39, 0.29) is 12.2 Å². The quantitative estimate of drug-likeness (QED) is 0.209. The highest BCUT2D eigenvalue weighted by Gasteiger charge is 2.34. The molecule has 7 nitrogen and oxygen atoms in total. The second-order valence-corrected chi connectivity index (χ2v) is 11.4. The zero-order chi connectivity index (χ0) is 30.5. The highest BCUT2D eigenvalue weighted by molar-refractivity contribution is 7.07. The number of rotatable bonds is 10. The summed E-state index contributed by atoms with van der Waals surface area (Å²) in [5, 5.41) is 0.446. The van der Waals surface area contributed by atoms with Crippen molar-refractivity contribution >= 4 is 40.7 Å². The number of hydrogen-bond acceptors (Lipinski definition) is 7. The van der Waals surface area contributed by atoms with Crippen LogP contribution in [0.3, 0.4) is 0 Å². The Morgan fingerprint density at radius 3 is 2.47 bits per heavy atom. The van der Waals surface area contributed by atoms with Crippen molar-refractivity contribution in [3.8, 4) is 5.75 Å². The summed E-state index contributed by atoms with van der Waals surface area (Å²) in [4.78, 5) is 34.7. The van der Waals surface area contributed by atoms with Crippen LogP contribution in [0.15, 0.2) is 93.9 Å². The average Bonchev–Trinajstić information content (AvgIpc) is 3.31. The third kappa shape index (κ3) is 6.31. The van der Waals surface area contributed by atoms with Gasteiger partial charge in [-0.1, -0.05) is 71.5 Å². The molecule has 0 saturated carbocycles. The molecule has 0 saturated heterocycles. The summed E-state index contributed by atoms with van der Waals surface area (Å²) in [6.07, 6.45) is 1.84. The number of benzene rings is 3. The maximum absolute atomic E-state index is 14.1. The van der Waals surface area contributed by atoms with Gasteiger partial charge in [-0.15, -0.1) is 0 Å². The lowest BCUT2D eigenvalue weighted by Gasteiger charge is -2.25. The predicted molar refractivity (Wildman–Crippen MR) is 173 cm³/mol. The fourth-order valence-corrected chi connectivity index (χ4v) is 6.49. The molecule has 0 radical (unpaired) electrons. The van der Waals surface area contributed by atoms with E-state index < -0.39 is 12.0 Å². The van der Waals surface area contributed by atoms with Crippen LogP contribution >= 0.6 is 22.9 Å². The first kappa shape index (κ1) is 30.3. The molecule has 1 atom stereocenters. The van der Waals surface area contributed by atoms with Crippen molar-refractivity contribution in [2.24, 2.45) is 4.99 Å². The number of aromatic nitrogens is 1. The van der Waals surface area contributed by atoms with E-state index in [1.807, 2.05) is 72.8 Å². The third-order valence-corrected chi connectivity index (χ3v) is 8.69. The summed E-state index contributed by atoms with van der Waals surface area (Å²) in [7, 11) is 0. The lowest BCUT2D eigenvalue weighted by Crippen LogP contribution is -2.40.